The molecule has 4 aliphatic carbocycles. The summed E-state index contributed by atoms with van der Waals surface area (Å²) in [7, 11) is 0. The van der Waals surface area contributed by atoms with Crippen LogP contribution in [0.15, 0.2) is 229 Å². The van der Waals surface area contributed by atoms with Crippen LogP contribution >= 0.6 is 34.0 Å². The van der Waals surface area contributed by atoms with Gasteiger partial charge in [0.1, 0.15) is 26.4 Å². The zero-order chi connectivity index (χ0) is 60.7. The number of hydrogen-bond donors (Lipinski definition) is 0. The minimum Gasteiger partial charge on any atom is -0.459 e. The smallest absolute Gasteiger partial charge is 0.333 e. The second-order valence-corrected chi connectivity index (χ2v) is 25.1. The number of ketones is 4. The molecule has 0 spiro atoms. The number of thiophene rings is 3. The van der Waals surface area contributed by atoms with Gasteiger partial charge >= 0.3 is 23.9 Å². The van der Waals surface area contributed by atoms with Gasteiger partial charge in [-0.2, -0.15) is 0 Å². The number of ether oxygens (including phenoxy) is 4. The van der Waals surface area contributed by atoms with Gasteiger partial charge in [-0.05, 0) is 104 Å². The van der Waals surface area contributed by atoms with Crippen LogP contribution in [-0.4, -0.2) is 47.0 Å². The molecule has 0 amide bonds. The summed E-state index contributed by atoms with van der Waals surface area (Å²) < 4.78 is 26.9. The molecule has 3 aromatic heterocycles. The Bertz CT molecular complexity index is 4520. The number of allylic oxidation sites excluding steroid dienone is 4. The summed E-state index contributed by atoms with van der Waals surface area (Å²) >= 11 is 3.56. The Morgan fingerprint density at radius 1 is 0.337 bits per heavy atom. The van der Waals surface area contributed by atoms with Crippen LogP contribution in [0.3, 0.4) is 0 Å². The van der Waals surface area contributed by atoms with Gasteiger partial charge in [0.05, 0.1) is 29.9 Å². The maximum absolute atomic E-state index is 15.9. The van der Waals surface area contributed by atoms with E-state index < -0.39 is 57.8 Å². The summed E-state index contributed by atoms with van der Waals surface area (Å²) in [5.41, 5.74) is -2.26. The third kappa shape index (κ3) is 8.82. The average molecular weight is 1220 g/mol. The molecule has 0 radical (unpaired) electrons. The lowest BCUT2D eigenvalue weighted by atomic mass is 9.76. The Kier molecular flexibility index (Phi) is 13.4. The standard InChI is InChI=1S/C74H44O12S3/c75-61-51-29-45-25-13-14-26-46(45)30-52(51)62(76)55(61)33-49-35-57-59(73(49,69(79)83-37-41-17-5-1-6-18-41)70(80)84-38-42-19-7-2-8-20-42)65-67(87-57)68-66(89-65)60-58(88-68)36-50(34-56-63(77)53-31-47-27-15-16-28-48(47)32-54(53)64(56)78)74(60,71(81)85-39-43-21-9-3-10-22-43)72(82)86-40-44-23-11-4-12-24-44/h1-36H,37-40H2. The lowest BCUT2D eigenvalue weighted by Gasteiger charge is -2.28. The van der Waals surface area contributed by atoms with Crippen molar-refractivity contribution < 1.29 is 57.3 Å². The molecular formula is C74H44O12S3. The molecule has 15 heteroatoms. The van der Waals surface area contributed by atoms with Crippen molar-refractivity contribution in [2.75, 3.05) is 0 Å². The fourth-order valence-corrected chi connectivity index (χ4v) is 17.1. The highest BCUT2D eigenvalue weighted by Crippen LogP contribution is 2.61. The molecule has 0 N–H and O–H groups in total. The van der Waals surface area contributed by atoms with Crippen molar-refractivity contribution in [3.8, 4) is 0 Å². The number of carbonyl (C=O) groups is 8. The minimum atomic E-state index is -2.50. The molecule has 0 saturated carbocycles. The van der Waals surface area contributed by atoms with Crippen molar-refractivity contribution in [2.45, 2.75) is 37.3 Å². The Balaban J connectivity index is 0.940. The number of esters is 4. The van der Waals surface area contributed by atoms with E-state index in [2.05, 4.69) is 0 Å². The van der Waals surface area contributed by atoms with Crippen LogP contribution in [0.1, 0.15) is 84.6 Å². The summed E-state index contributed by atoms with van der Waals surface area (Å²) in [6.45, 7) is -1.12. The highest BCUT2D eigenvalue weighted by molar-refractivity contribution is 7.39. The number of benzene rings is 8. The maximum Gasteiger partial charge on any atom is 0.333 e. The van der Waals surface area contributed by atoms with Crippen LogP contribution in [0.4, 0.5) is 0 Å². The first-order valence-electron chi connectivity index (χ1n) is 28.4. The van der Waals surface area contributed by atoms with Crippen molar-refractivity contribution in [1.82, 2.24) is 0 Å². The minimum absolute atomic E-state index is 0.0495. The molecule has 0 aliphatic heterocycles. The van der Waals surface area contributed by atoms with E-state index in [1.165, 1.54) is 34.8 Å². The zero-order valence-electron chi connectivity index (χ0n) is 46.7. The molecule has 0 bridgehead atoms. The van der Waals surface area contributed by atoms with Gasteiger partial charge in [0.25, 0.3) is 0 Å². The van der Waals surface area contributed by atoms with Crippen LogP contribution in [0.5, 0.6) is 0 Å². The number of Topliss-reactive ketones (excluding diaryl/α,β-unsaturated/α-hetero) is 4. The number of hydrogen-bond acceptors (Lipinski definition) is 15. The summed E-state index contributed by atoms with van der Waals surface area (Å²) in [4.78, 5) is 123. The summed E-state index contributed by atoms with van der Waals surface area (Å²) in [6, 6.07) is 57.0. The largest absolute Gasteiger partial charge is 0.459 e. The van der Waals surface area contributed by atoms with Gasteiger partial charge in [-0.25, -0.2) is 0 Å². The molecular weight excluding hydrogens is 1180 g/mol. The Hall–Kier alpha value is -10.6. The van der Waals surface area contributed by atoms with Crippen molar-refractivity contribution >= 4 is 134 Å². The van der Waals surface area contributed by atoms with Crippen LogP contribution in [0, 0.1) is 0 Å². The van der Waals surface area contributed by atoms with Gasteiger partial charge < -0.3 is 18.9 Å². The molecule has 0 saturated heterocycles. The van der Waals surface area contributed by atoms with E-state index in [9.17, 15) is 19.2 Å². The molecule has 430 valence electrons. The van der Waals surface area contributed by atoms with Crippen molar-refractivity contribution in [2.24, 2.45) is 0 Å². The van der Waals surface area contributed by atoms with E-state index in [-0.39, 0.29) is 82.1 Å². The van der Waals surface area contributed by atoms with Gasteiger partial charge in [-0.15, -0.1) is 34.0 Å². The first kappa shape index (κ1) is 55.0. The fraction of sp³-hybridized carbons (Fsp3) is 0.0811. The lowest BCUT2D eigenvalue weighted by molar-refractivity contribution is -0.166. The molecule has 0 fully saturated rings. The first-order chi connectivity index (χ1) is 43.4. The predicted octanol–water partition coefficient (Wildman–Crippen LogP) is 14.7. The fourth-order valence-electron chi connectivity index (χ4n) is 12.4. The second kappa shape index (κ2) is 21.7. The maximum atomic E-state index is 15.9. The van der Waals surface area contributed by atoms with Crippen LogP contribution in [0.2, 0.25) is 0 Å². The Labute approximate surface area is 518 Å². The molecule has 4 aliphatic rings. The van der Waals surface area contributed by atoms with Crippen molar-refractivity contribution in [3.63, 3.8) is 0 Å². The average Bonchev–Trinajstić information content (AvgIpc) is 1.52. The van der Waals surface area contributed by atoms with E-state index in [4.69, 9.17) is 18.9 Å². The topological polar surface area (TPSA) is 173 Å². The van der Waals surface area contributed by atoms with E-state index in [0.29, 0.717) is 50.8 Å². The third-order valence-electron chi connectivity index (χ3n) is 16.8. The number of carbonyl (C=O) groups excluding carboxylic acids is 8. The normalized spacial score (nSPS) is 15.0. The molecule has 15 rings (SSSR count). The van der Waals surface area contributed by atoms with E-state index >= 15 is 19.2 Å². The second-order valence-electron chi connectivity index (χ2n) is 22.0. The predicted molar refractivity (Wildman–Crippen MR) is 341 cm³/mol. The summed E-state index contributed by atoms with van der Waals surface area (Å²) in [6.07, 6.45) is 5.85. The van der Waals surface area contributed by atoms with Gasteiger partial charge in [0.2, 0.25) is 10.8 Å². The monoisotopic (exact) mass is 1220 g/mol. The quantitative estimate of drug-likeness (QED) is 0.0332. The lowest BCUT2D eigenvalue weighted by Crippen LogP contribution is -2.46. The molecule has 8 aromatic carbocycles. The SMILES string of the molecule is O=C1C(=CC2=Cc3sc4c(sc5c6c(sc54)C=C(C=C4C(=O)c5cc7ccccc7cc5C4=O)C6(C(=O)OCc4ccccc4)C(=O)OCc4ccccc4)c3C2(C(=O)OCc2ccccc2)C(=O)OCc2ccccc2)C(=O)c2cc3ccccc3cc21. The third-order valence-corrected chi connectivity index (χ3v) is 20.7. The summed E-state index contributed by atoms with van der Waals surface area (Å²) in [5, 5.41) is 2.95. The molecule has 0 unspecified atom stereocenters. The van der Waals surface area contributed by atoms with Crippen molar-refractivity contribution in [3.05, 3.63) is 294 Å². The Morgan fingerprint density at radius 3 is 0.865 bits per heavy atom. The van der Waals surface area contributed by atoms with Crippen molar-refractivity contribution in [1.29, 1.82) is 0 Å². The number of rotatable bonds is 14. The Morgan fingerprint density at radius 2 is 0.596 bits per heavy atom. The first-order valence-corrected chi connectivity index (χ1v) is 30.9. The molecule has 11 aromatic rings. The van der Waals surface area contributed by atoms with Crippen LogP contribution in [0.25, 0.3) is 52.5 Å². The van der Waals surface area contributed by atoms with Gasteiger partial charge in [-0.3, -0.25) is 38.4 Å². The van der Waals surface area contributed by atoms with E-state index in [1.54, 1.807) is 133 Å². The van der Waals surface area contributed by atoms with E-state index in [0.717, 1.165) is 32.9 Å². The molecule has 12 nitrogen and oxygen atoms in total. The molecule has 3 heterocycles. The van der Waals surface area contributed by atoms with E-state index in [1.807, 2.05) is 72.8 Å². The van der Waals surface area contributed by atoms with Crippen LogP contribution < -0.4 is 0 Å². The van der Waals surface area contributed by atoms with Gasteiger partial charge in [0.15, 0.2) is 23.1 Å². The molecule has 0 atom stereocenters. The molecule has 89 heavy (non-hydrogen) atoms. The van der Waals surface area contributed by atoms with Gasteiger partial charge in [0, 0.05) is 43.1 Å². The van der Waals surface area contributed by atoms with Crippen LogP contribution in [-0.2, 0) is 75.4 Å². The van der Waals surface area contributed by atoms with Gasteiger partial charge in [-0.1, -0.05) is 170 Å². The number of fused-ring (bicyclic) bond motifs is 11. The highest BCUT2D eigenvalue weighted by atomic mass is 32.1. The zero-order valence-corrected chi connectivity index (χ0v) is 49.2. The highest BCUT2D eigenvalue weighted by Gasteiger charge is 2.62. The summed E-state index contributed by atoms with van der Waals surface area (Å²) in [5.74, 6) is -6.60.